The van der Waals surface area contributed by atoms with Crippen LogP contribution in [0.4, 0.5) is 0 Å². The predicted molar refractivity (Wildman–Crippen MR) is 260 cm³/mol. The molecule has 0 fully saturated rings. The Balaban J connectivity index is 1.26. The molecule has 11 heteroatoms. The van der Waals surface area contributed by atoms with Gasteiger partial charge in [0.1, 0.15) is 23.0 Å². The molecule has 0 saturated heterocycles. The Morgan fingerprint density at radius 2 is 0.524 bits per heavy atom. The fraction of sp³-hybridized carbons (Fsp3) is 0.538. The molecule has 0 aliphatic carbocycles. The molecule has 348 valence electrons. The van der Waals surface area contributed by atoms with E-state index in [4.69, 9.17) is 41.4 Å². The van der Waals surface area contributed by atoms with Crippen LogP contribution in [0.1, 0.15) is 128 Å². The summed E-state index contributed by atoms with van der Waals surface area (Å²) in [6.07, 6.45) is 0. The molecular formula is C52H76O9P2. The summed E-state index contributed by atoms with van der Waals surface area (Å²) in [6, 6.07) is 24.9. The van der Waals surface area contributed by atoms with E-state index in [1.807, 2.05) is 0 Å². The van der Waals surface area contributed by atoms with Crippen LogP contribution in [0.5, 0.6) is 23.0 Å². The first-order valence-corrected chi connectivity index (χ1v) is 24.4. The second-order valence-electron chi connectivity index (χ2n) is 20.1. The van der Waals surface area contributed by atoms with Crippen molar-refractivity contribution in [1.29, 1.82) is 0 Å². The molecule has 9 nitrogen and oxygen atoms in total. The molecule has 4 rings (SSSR count). The standard InChI is InChI=1S/C52H76O9P2/c1-37-21-17-25-41(49(5,6)7)45(37)58-62(59-46-38(2)22-18-26-42(46)50(8,9)10)56-35-33-54-31-29-53-30-32-55-34-36-57-63(60-47-39(3)23-19-27-43(47)51(11,12)13)61-48-40(4)24-20-28-44(48)52(14,15)16/h17-28H,29-36H2,1-16H3. The SMILES string of the molecule is Cc1cccc(C(C)(C)C)c1OP(OCCOCCOCCOCCOP(Oc1c(C)cccc1C(C)(C)C)Oc1c(C)cccc1C(C)(C)C)Oc1c(C)cccc1C(C)(C)C. The van der Waals surface area contributed by atoms with Crippen LogP contribution < -0.4 is 18.1 Å². The van der Waals surface area contributed by atoms with Gasteiger partial charge < -0.3 is 32.3 Å². The van der Waals surface area contributed by atoms with Crippen LogP contribution >= 0.6 is 17.2 Å². The van der Waals surface area contributed by atoms with Crippen LogP contribution in [0, 0.1) is 27.7 Å². The summed E-state index contributed by atoms with van der Waals surface area (Å²) in [5, 5.41) is 0. The van der Waals surface area contributed by atoms with Gasteiger partial charge >= 0.3 is 17.2 Å². The first kappa shape index (κ1) is 52.4. The lowest BCUT2D eigenvalue weighted by molar-refractivity contribution is 0.00426. The van der Waals surface area contributed by atoms with Crippen molar-refractivity contribution in [2.24, 2.45) is 0 Å². The van der Waals surface area contributed by atoms with E-state index < -0.39 is 17.2 Å². The summed E-state index contributed by atoms with van der Waals surface area (Å²) in [5.74, 6) is 3.17. The quantitative estimate of drug-likeness (QED) is 0.0565. The van der Waals surface area contributed by atoms with Crippen LogP contribution in [0.3, 0.4) is 0 Å². The highest BCUT2D eigenvalue weighted by Crippen LogP contribution is 2.50. The minimum absolute atomic E-state index is 0.131. The van der Waals surface area contributed by atoms with Crippen molar-refractivity contribution in [3.8, 4) is 23.0 Å². The molecule has 63 heavy (non-hydrogen) atoms. The fourth-order valence-electron chi connectivity index (χ4n) is 6.78. The molecule has 0 saturated carbocycles. The highest BCUT2D eigenvalue weighted by Gasteiger charge is 2.31. The van der Waals surface area contributed by atoms with Crippen molar-refractivity contribution in [2.75, 3.05) is 52.9 Å². The number of benzene rings is 4. The molecule has 0 atom stereocenters. The van der Waals surface area contributed by atoms with Gasteiger partial charge in [-0.15, -0.1) is 0 Å². The number of hydrogen-bond acceptors (Lipinski definition) is 9. The maximum atomic E-state index is 6.64. The number of hydrogen-bond donors (Lipinski definition) is 0. The van der Waals surface area contributed by atoms with Crippen molar-refractivity contribution in [2.45, 2.75) is 132 Å². The van der Waals surface area contributed by atoms with Gasteiger partial charge in [-0.3, -0.25) is 9.05 Å². The van der Waals surface area contributed by atoms with Crippen molar-refractivity contribution in [1.82, 2.24) is 0 Å². The molecular weight excluding hydrogens is 831 g/mol. The first-order valence-electron chi connectivity index (χ1n) is 22.2. The summed E-state index contributed by atoms with van der Waals surface area (Å²) < 4.78 is 56.8. The molecule has 0 aliphatic rings. The summed E-state index contributed by atoms with van der Waals surface area (Å²) in [6.45, 7) is 37.4. The van der Waals surface area contributed by atoms with E-state index in [-0.39, 0.29) is 21.7 Å². The summed E-state index contributed by atoms with van der Waals surface area (Å²) >= 11 is 0. The maximum Gasteiger partial charge on any atom is 0.463 e. The molecule has 0 amide bonds. The van der Waals surface area contributed by atoms with Crippen molar-refractivity contribution < 1.29 is 41.4 Å². The van der Waals surface area contributed by atoms with Gasteiger partial charge in [0.05, 0.1) is 52.9 Å². The smallest absolute Gasteiger partial charge is 0.417 e. The lowest BCUT2D eigenvalue weighted by Gasteiger charge is -2.28. The molecule has 0 N–H and O–H groups in total. The molecule has 4 aromatic rings. The van der Waals surface area contributed by atoms with Gasteiger partial charge in [-0.2, -0.15) is 0 Å². The molecule has 0 aromatic heterocycles. The average molecular weight is 907 g/mol. The predicted octanol–water partition coefficient (Wildman–Crippen LogP) is 14.3. The van der Waals surface area contributed by atoms with Gasteiger partial charge in [0.15, 0.2) is 0 Å². The van der Waals surface area contributed by atoms with Crippen LogP contribution in [-0.2, 0) is 44.9 Å². The molecule has 0 radical (unpaired) electrons. The van der Waals surface area contributed by atoms with E-state index in [1.54, 1.807) is 0 Å². The Labute approximate surface area is 382 Å². The third kappa shape index (κ3) is 16.0. The zero-order valence-corrected chi connectivity index (χ0v) is 42.9. The minimum Gasteiger partial charge on any atom is -0.417 e. The third-order valence-electron chi connectivity index (χ3n) is 10.3. The summed E-state index contributed by atoms with van der Waals surface area (Å²) in [4.78, 5) is 0. The van der Waals surface area contributed by atoms with E-state index in [2.05, 4.69) is 184 Å². The Morgan fingerprint density at radius 1 is 0.317 bits per heavy atom. The highest BCUT2D eigenvalue weighted by atomic mass is 31.2. The number of aryl methyl sites for hydroxylation is 4. The van der Waals surface area contributed by atoms with Gasteiger partial charge in [0.2, 0.25) is 0 Å². The third-order valence-corrected chi connectivity index (χ3v) is 12.4. The van der Waals surface area contributed by atoms with Crippen molar-refractivity contribution >= 4 is 17.2 Å². The van der Waals surface area contributed by atoms with Gasteiger partial charge in [-0.25, -0.2) is 0 Å². The lowest BCUT2D eigenvalue weighted by Crippen LogP contribution is -2.17. The van der Waals surface area contributed by atoms with Gasteiger partial charge in [-0.05, 0) is 71.6 Å². The Hall–Kier alpha value is -3.26. The van der Waals surface area contributed by atoms with Crippen LogP contribution in [-0.4, -0.2) is 52.9 Å². The van der Waals surface area contributed by atoms with E-state index in [1.165, 1.54) is 0 Å². The van der Waals surface area contributed by atoms with E-state index in [9.17, 15) is 0 Å². The maximum absolute atomic E-state index is 6.64. The normalized spacial score (nSPS) is 12.6. The number of para-hydroxylation sites is 4. The highest BCUT2D eigenvalue weighted by molar-refractivity contribution is 7.42. The second kappa shape index (κ2) is 23.3. The van der Waals surface area contributed by atoms with Gasteiger partial charge in [0, 0.05) is 22.3 Å². The van der Waals surface area contributed by atoms with Crippen molar-refractivity contribution in [3.05, 3.63) is 117 Å². The molecule has 0 unspecified atom stereocenters. The molecule has 0 spiro atoms. The van der Waals surface area contributed by atoms with E-state index in [0.717, 1.165) is 67.5 Å². The fourth-order valence-corrected chi connectivity index (χ4v) is 9.08. The number of ether oxygens (including phenoxy) is 3. The molecule has 0 heterocycles. The van der Waals surface area contributed by atoms with Gasteiger partial charge in [-0.1, -0.05) is 156 Å². The number of rotatable bonds is 22. The molecule has 0 aliphatic heterocycles. The Morgan fingerprint density at radius 3 is 0.730 bits per heavy atom. The molecule has 0 bridgehead atoms. The van der Waals surface area contributed by atoms with Gasteiger partial charge in [0.25, 0.3) is 0 Å². The zero-order valence-electron chi connectivity index (χ0n) is 41.2. The minimum atomic E-state index is -1.81. The average Bonchev–Trinajstić information content (AvgIpc) is 3.17. The lowest BCUT2D eigenvalue weighted by atomic mass is 9.85. The van der Waals surface area contributed by atoms with Crippen LogP contribution in [0.25, 0.3) is 0 Å². The topological polar surface area (TPSA) is 83.1 Å². The van der Waals surface area contributed by atoms with Crippen LogP contribution in [0.15, 0.2) is 72.8 Å². The zero-order chi connectivity index (χ0) is 46.6. The second-order valence-corrected chi connectivity index (χ2v) is 22.3. The van der Waals surface area contributed by atoms with E-state index in [0.29, 0.717) is 52.9 Å². The Bertz CT molecular complexity index is 1760. The largest absolute Gasteiger partial charge is 0.463 e. The van der Waals surface area contributed by atoms with Crippen LogP contribution in [0.2, 0.25) is 0 Å². The summed E-state index contributed by atoms with van der Waals surface area (Å²) in [5.41, 5.74) is 7.99. The summed E-state index contributed by atoms with van der Waals surface area (Å²) in [7, 11) is -3.62. The van der Waals surface area contributed by atoms with Crippen molar-refractivity contribution in [3.63, 3.8) is 0 Å². The monoisotopic (exact) mass is 906 g/mol. The molecule has 4 aromatic carbocycles. The van der Waals surface area contributed by atoms with E-state index >= 15 is 0 Å². The Kier molecular flexibility index (Phi) is 19.3. The first-order chi connectivity index (χ1) is 29.5.